The predicted octanol–water partition coefficient (Wildman–Crippen LogP) is 4.43. The van der Waals surface area contributed by atoms with Crippen LogP contribution < -0.4 is 11.1 Å². The second-order valence-corrected chi connectivity index (χ2v) is 11.3. The van der Waals surface area contributed by atoms with E-state index in [1.807, 2.05) is 42.6 Å². The van der Waals surface area contributed by atoms with E-state index in [0.29, 0.717) is 49.0 Å². The molecule has 5 heterocycles. The molecule has 12 heteroatoms. The monoisotopic (exact) mass is 595 g/mol. The van der Waals surface area contributed by atoms with E-state index in [2.05, 4.69) is 20.2 Å². The summed E-state index contributed by atoms with van der Waals surface area (Å²) >= 11 is 0. The number of nitrogens with one attached hydrogen (secondary N) is 1. The summed E-state index contributed by atoms with van der Waals surface area (Å²) in [5.74, 6) is -0.560. The zero-order chi connectivity index (χ0) is 31.1. The number of carbonyl (C=O) groups is 2. The highest BCUT2D eigenvalue weighted by Crippen LogP contribution is 2.34. The number of anilines is 1. The van der Waals surface area contributed by atoms with Gasteiger partial charge in [0, 0.05) is 91.0 Å². The van der Waals surface area contributed by atoms with Gasteiger partial charge in [-0.25, -0.2) is 4.98 Å². The molecule has 0 bridgehead atoms. The van der Waals surface area contributed by atoms with Crippen LogP contribution in [0.25, 0.3) is 16.6 Å². The molecule has 9 nitrogen and oxygen atoms in total. The number of hydrogen-bond acceptors (Lipinski definition) is 7. The van der Waals surface area contributed by atoms with Crippen molar-refractivity contribution in [2.24, 2.45) is 10.9 Å². The van der Waals surface area contributed by atoms with Crippen molar-refractivity contribution in [1.82, 2.24) is 24.5 Å². The van der Waals surface area contributed by atoms with Crippen LogP contribution in [-0.2, 0) is 4.79 Å². The van der Waals surface area contributed by atoms with Crippen LogP contribution in [0.1, 0.15) is 48.4 Å². The number of carbonyl (C=O) groups excluding carboxylic acids is 2. The first-order chi connectivity index (χ1) is 20.3. The Bertz CT molecular complexity index is 1600. The van der Waals surface area contributed by atoms with Crippen LogP contribution in [0.3, 0.4) is 0 Å². The molecule has 1 saturated heterocycles. The van der Waals surface area contributed by atoms with E-state index in [1.165, 1.54) is 11.0 Å². The molecule has 2 atom stereocenters. The molecule has 1 fully saturated rings. The molecule has 3 aromatic heterocycles. The summed E-state index contributed by atoms with van der Waals surface area (Å²) in [7, 11) is 0. The summed E-state index contributed by atoms with van der Waals surface area (Å²) in [5.41, 5.74) is 11.7. The fraction of sp³-hybridized carbons (Fsp3) is 0.419. The first-order valence-corrected chi connectivity index (χ1v) is 14.3. The van der Waals surface area contributed by atoms with E-state index in [-0.39, 0.29) is 24.3 Å². The van der Waals surface area contributed by atoms with Gasteiger partial charge in [-0.15, -0.1) is 0 Å². The zero-order valence-corrected chi connectivity index (χ0v) is 24.7. The summed E-state index contributed by atoms with van der Waals surface area (Å²) < 4.78 is 41.0. The molecule has 228 valence electrons. The average molecular weight is 596 g/mol. The number of pyridine rings is 2. The number of fused-ring (bicyclic) bond motifs is 1. The number of nitrogens with two attached hydrogens (primary N) is 1. The molecule has 0 aliphatic carbocycles. The maximum Gasteiger partial charge on any atom is 0.401 e. The Morgan fingerprint density at radius 3 is 2.49 bits per heavy atom. The summed E-state index contributed by atoms with van der Waals surface area (Å²) in [6.45, 7) is 8.15. The number of aromatic nitrogens is 2. The maximum absolute atomic E-state index is 13.7. The lowest BCUT2D eigenvalue weighted by Gasteiger charge is -2.39. The van der Waals surface area contributed by atoms with Gasteiger partial charge < -0.3 is 15.5 Å². The van der Waals surface area contributed by atoms with Crippen molar-refractivity contribution in [3.63, 3.8) is 0 Å². The number of nitrogen functional groups attached to an aromatic ring is 1. The van der Waals surface area contributed by atoms with Gasteiger partial charge in [0.1, 0.15) is 5.82 Å². The number of alkyl halides is 3. The van der Waals surface area contributed by atoms with Crippen molar-refractivity contribution in [1.29, 1.82) is 0 Å². The molecule has 43 heavy (non-hydrogen) atoms. The van der Waals surface area contributed by atoms with Crippen LogP contribution in [0.5, 0.6) is 0 Å². The normalized spacial score (nSPS) is 19.3. The smallest absolute Gasteiger partial charge is 0.384 e. The van der Waals surface area contributed by atoms with E-state index >= 15 is 0 Å². The zero-order valence-electron chi connectivity index (χ0n) is 24.7. The second kappa shape index (κ2) is 11.9. The molecule has 0 spiro atoms. The van der Waals surface area contributed by atoms with Gasteiger partial charge in [-0.2, -0.15) is 13.2 Å². The molecule has 0 aromatic carbocycles. The molecule has 2 unspecified atom stereocenters. The Kier molecular flexibility index (Phi) is 8.44. The SMILES string of the molecule is CC1=CC(=O)C(CNC(=O)c2cc3c(-c4ccc(N)nc4)ccn3c(C(C)N3CCN(CC(F)(F)F)CC3)c2C)C(C)=N1. The van der Waals surface area contributed by atoms with Gasteiger partial charge in [0.25, 0.3) is 5.91 Å². The van der Waals surface area contributed by atoms with Crippen molar-refractivity contribution in [2.75, 3.05) is 45.0 Å². The van der Waals surface area contributed by atoms with Crippen LogP contribution in [-0.4, -0.2) is 82.0 Å². The number of ketones is 1. The highest BCUT2D eigenvalue weighted by Gasteiger charge is 2.34. The Morgan fingerprint density at radius 1 is 1.14 bits per heavy atom. The third-order valence-electron chi connectivity index (χ3n) is 8.37. The van der Waals surface area contributed by atoms with Crippen LogP contribution >= 0.6 is 0 Å². The fourth-order valence-electron chi connectivity index (χ4n) is 6.10. The number of piperazine rings is 1. The van der Waals surface area contributed by atoms with Gasteiger partial charge in [0.2, 0.25) is 0 Å². The van der Waals surface area contributed by atoms with Crippen molar-refractivity contribution in [3.05, 3.63) is 65.3 Å². The quantitative estimate of drug-likeness (QED) is 0.419. The van der Waals surface area contributed by atoms with E-state index in [1.54, 1.807) is 26.1 Å². The maximum atomic E-state index is 13.7. The molecular weight excluding hydrogens is 559 g/mol. The number of allylic oxidation sites excluding steroid dienone is 2. The summed E-state index contributed by atoms with van der Waals surface area (Å²) in [6.07, 6.45) is 0.873. The van der Waals surface area contributed by atoms with E-state index in [0.717, 1.165) is 27.9 Å². The van der Waals surface area contributed by atoms with Crippen LogP contribution in [0.15, 0.2) is 53.4 Å². The highest BCUT2D eigenvalue weighted by atomic mass is 19.4. The number of halogens is 3. The van der Waals surface area contributed by atoms with E-state index in [9.17, 15) is 22.8 Å². The minimum atomic E-state index is -4.24. The molecular formula is C31H36F3N7O2. The van der Waals surface area contributed by atoms with Crippen LogP contribution in [0, 0.1) is 12.8 Å². The lowest BCUT2D eigenvalue weighted by atomic mass is 9.95. The molecule has 2 aliphatic rings. The number of nitrogens with zero attached hydrogens (tertiary/aromatic N) is 5. The molecule has 0 radical (unpaired) electrons. The predicted molar refractivity (Wildman–Crippen MR) is 160 cm³/mol. The standard InChI is InChI=1S/C31H36F3N7O2/c1-18-13-27(42)25(20(3)38-18)16-37-30(43)24-14-26-23(22-5-6-28(35)36-15-22)7-8-41(26)29(19(24)2)21(4)40-11-9-39(10-12-40)17-31(32,33)34/h5-8,13-15,21,25H,9-12,16-17H2,1-4H3,(H2,35,36)(H,37,43). The van der Waals surface area contributed by atoms with Crippen molar-refractivity contribution in [3.8, 4) is 11.1 Å². The number of rotatable bonds is 7. The lowest BCUT2D eigenvalue weighted by Crippen LogP contribution is -2.50. The van der Waals surface area contributed by atoms with Crippen LogP contribution in [0.2, 0.25) is 0 Å². The Balaban J connectivity index is 1.49. The summed E-state index contributed by atoms with van der Waals surface area (Å²) in [4.78, 5) is 38.5. The fourth-order valence-corrected chi connectivity index (χ4v) is 6.10. The van der Waals surface area contributed by atoms with Gasteiger partial charge in [-0.05, 0) is 57.5 Å². The Morgan fingerprint density at radius 2 is 1.86 bits per heavy atom. The molecule has 2 aliphatic heterocycles. The molecule has 3 aromatic rings. The van der Waals surface area contributed by atoms with Crippen molar-refractivity contribution in [2.45, 2.75) is 39.9 Å². The van der Waals surface area contributed by atoms with Gasteiger partial charge in [0.15, 0.2) is 5.78 Å². The molecule has 3 N–H and O–H groups in total. The largest absolute Gasteiger partial charge is 0.401 e. The Hall–Kier alpha value is -4.03. The van der Waals surface area contributed by atoms with Gasteiger partial charge >= 0.3 is 6.18 Å². The van der Waals surface area contributed by atoms with E-state index < -0.39 is 18.6 Å². The van der Waals surface area contributed by atoms with Gasteiger partial charge in [0.05, 0.1) is 18.0 Å². The summed E-state index contributed by atoms with van der Waals surface area (Å²) in [6, 6.07) is 7.17. The second-order valence-electron chi connectivity index (χ2n) is 11.3. The van der Waals surface area contributed by atoms with Gasteiger partial charge in [-0.1, -0.05) is 0 Å². The molecule has 1 amide bonds. The minimum absolute atomic E-state index is 0.0961. The third-order valence-corrected chi connectivity index (χ3v) is 8.37. The number of amides is 1. The average Bonchev–Trinajstić information content (AvgIpc) is 3.35. The topological polar surface area (TPSA) is 108 Å². The highest BCUT2D eigenvalue weighted by molar-refractivity contribution is 6.12. The van der Waals surface area contributed by atoms with Gasteiger partial charge in [-0.3, -0.25) is 24.4 Å². The summed E-state index contributed by atoms with van der Waals surface area (Å²) in [5, 5.41) is 2.95. The number of hydrogen-bond donors (Lipinski definition) is 2. The third kappa shape index (κ3) is 6.50. The first-order valence-electron chi connectivity index (χ1n) is 14.3. The molecule has 5 rings (SSSR count). The van der Waals surface area contributed by atoms with Crippen molar-refractivity contribution < 1.29 is 22.8 Å². The minimum Gasteiger partial charge on any atom is -0.384 e. The molecule has 0 saturated carbocycles. The first kappa shape index (κ1) is 30.4. The van der Waals surface area contributed by atoms with Crippen molar-refractivity contribution >= 4 is 28.7 Å². The van der Waals surface area contributed by atoms with E-state index in [4.69, 9.17) is 5.73 Å². The number of aliphatic imine (C=N–C) groups is 1. The van der Waals surface area contributed by atoms with Crippen LogP contribution in [0.4, 0.5) is 19.0 Å². The Labute approximate surface area is 248 Å². The lowest BCUT2D eigenvalue weighted by molar-refractivity contribution is -0.149.